The van der Waals surface area contributed by atoms with Crippen LogP contribution in [0.2, 0.25) is 109 Å². The van der Waals surface area contributed by atoms with Crippen molar-refractivity contribution in [3.63, 3.8) is 0 Å². The van der Waals surface area contributed by atoms with E-state index in [2.05, 4.69) is 217 Å². The van der Waals surface area contributed by atoms with Crippen molar-refractivity contribution in [3.05, 3.63) is 96.1 Å². The predicted molar refractivity (Wildman–Crippen MR) is 484 cm³/mol. The lowest BCUT2D eigenvalue weighted by Crippen LogP contribution is -2.58. The van der Waals surface area contributed by atoms with Crippen molar-refractivity contribution in [2.75, 3.05) is 33.0 Å². The van der Waals surface area contributed by atoms with E-state index in [-0.39, 0.29) is 66.6 Å². The molecule has 7 rings (SSSR count). The molecule has 5 fully saturated rings. The highest BCUT2D eigenvalue weighted by atomic mass is 28.4. The average Bonchev–Trinajstić information content (AvgIpc) is 1.70. The highest BCUT2D eigenvalue weighted by Crippen LogP contribution is 2.49. The fourth-order valence-corrected chi connectivity index (χ4v) is 36.5. The van der Waals surface area contributed by atoms with Crippen LogP contribution in [0.4, 0.5) is 0 Å². The molecule has 5 aliphatic rings. The van der Waals surface area contributed by atoms with E-state index >= 15 is 0 Å². The summed E-state index contributed by atoms with van der Waals surface area (Å²) in [7, 11) is -11.0. The lowest BCUT2D eigenvalue weighted by Gasteiger charge is -2.50. The average molecular weight is 1650 g/mol. The fourth-order valence-electron chi connectivity index (χ4n) is 18.9. The molecule has 3 heterocycles. The molecule has 1 unspecified atom stereocenters. The van der Waals surface area contributed by atoms with Gasteiger partial charge in [-0.05, 0) is 253 Å². The van der Waals surface area contributed by atoms with E-state index < -0.39 is 55.9 Å². The van der Waals surface area contributed by atoms with Crippen LogP contribution in [0, 0.1) is 34.5 Å². The monoisotopic (exact) mass is 1650 g/mol. The van der Waals surface area contributed by atoms with Crippen LogP contribution < -0.4 is 0 Å². The summed E-state index contributed by atoms with van der Waals surface area (Å²) in [6.45, 7) is 51.3. The number of hydrogen-bond donors (Lipinski definition) is 1. The van der Waals surface area contributed by atoms with Crippen molar-refractivity contribution < 1.29 is 55.4 Å². The fraction of sp³-hybridized carbons (Fsp3) is 0.817. The zero-order valence-electron chi connectivity index (χ0n) is 75.5. The Morgan fingerprint density at radius 1 is 0.459 bits per heavy atom. The topological polar surface area (TPSA) is 130 Å². The minimum absolute atomic E-state index is 0.00206. The molecule has 0 radical (unpaired) electrons. The third kappa shape index (κ3) is 29.9. The van der Waals surface area contributed by atoms with Crippen LogP contribution >= 0.6 is 0 Å². The first-order valence-electron chi connectivity index (χ1n) is 46.5. The van der Waals surface area contributed by atoms with Gasteiger partial charge in [0, 0.05) is 35.9 Å². The Bertz CT molecular complexity index is 2770. The van der Waals surface area contributed by atoms with Crippen LogP contribution in [0.1, 0.15) is 266 Å². The Morgan fingerprint density at radius 2 is 0.784 bits per heavy atom. The minimum Gasteiger partial charge on any atom is -0.465 e. The number of aliphatic hydroxyl groups is 1. The SMILES string of the molecule is CCC(C)(CO)COC(=O)CCC/C=C\C[C@@H]1[C@@H](CC[C@H](CCc2ccccc2)O[Si](CC)(CC)CC)[C@H](O[Si](CC)(CC)CC)C[C@@H]1O[Si](CC)(CC)CC.CC[Si](CC)(CC)O[C@@H](CCc1ccccc1)CC[C@@H]1[C@@H](C/C=C\CCCC23OCC(C)(CO2)CO3)[C@@H](O[Si](CC)(CC)CC)C[C@H]1O[Si](CC)(CC)CC. The number of carbonyl (C=O) groups is 1. The molecule has 18 heteroatoms. The van der Waals surface area contributed by atoms with Gasteiger partial charge in [-0.3, -0.25) is 4.79 Å². The van der Waals surface area contributed by atoms with E-state index in [1.807, 2.05) is 13.8 Å². The van der Waals surface area contributed by atoms with Crippen LogP contribution in [0.5, 0.6) is 0 Å². The second-order valence-corrected chi connectivity index (χ2v) is 63.8. The number of rotatable bonds is 58. The molecule has 2 bridgehead atoms. The lowest BCUT2D eigenvalue weighted by molar-refractivity contribution is -0.467. The third-order valence-electron chi connectivity index (χ3n) is 29.3. The highest BCUT2D eigenvalue weighted by molar-refractivity contribution is 6.75. The van der Waals surface area contributed by atoms with Gasteiger partial charge in [0.2, 0.25) is 0 Å². The highest BCUT2D eigenvalue weighted by Gasteiger charge is 2.53. The molecule has 2 aromatic carbocycles. The lowest BCUT2D eigenvalue weighted by atomic mass is 9.85. The number of aliphatic hydroxyl groups excluding tert-OH is 1. The molecule has 111 heavy (non-hydrogen) atoms. The second-order valence-electron chi connectivity index (χ2n) is 35.4. The molecule has 0 aromatic heterocycles. The first-order chi connectivity index (χ1) is 53.4. The summed E-state index contributed by atoms with van der Waals surface area (Å²) in [6.07, 6.45) is 29.5. The van der Waals surface area contributed by atoms with Gasteiger partial charge in [0.1, 0.15) is 0 Å². The summed E-state index contributed by atoms with van der Waals surface area (Å²) in [4.78, 5) is 12.5. The summed E-state index contributed by atoms with van der Waals surface area (Å²) in [5, 5.41) is 9.70. The largest absolute Gasteiger partial charge is 0.465 e. The molecule has 3 aliphatic heterocycles. The van der Waals surface area contributed by atoms with Crippen molar-refractivity contribution >= 4 is 55.9 Å². The number of ether oxygens (including phenoxy) is 4. The van der Waals surface area contributed by atoms with Gasteiger partial charge in [0.05, 0.1) is 57.5 Å². The van der Waals surface area contributed by atoms with Gasteiger partial charge in [-0.15, -0.1) is 0 Å². The molecule has 12 nitrogen and oxygen atoms in total. The maximum absolute atomic E-state index is 12.5. The molecule has 640 valence electrons. The number of esters is 1. The first kappa shape index (κ1) is 99.9. The van der Waals surface area contributed by atoms with Crippen molar-refractivity contribution in [2.45, 2.75) is 419 Å². The number of benzene rings is 2. The van der Waals surface area contributed by atoms with Crippen LogP contribution in [0.15, 0.2) is 85.0 Å². The zero-order chi connectivity index (χ0) is 81.7. The molecule has 1 N–H and O–H groups in total. The molecule has 0 spiro atoms. The van der Waals surface area contributed by atoms with E-state index in [1.54, 1.807) is 0 Å². The molecule has 3 saturated heterocycles. The maximum Gasteiger partial charge on any atom is 0.305 e. The van der Waals surface area contributed by atoms with Gasteiger partial charge < -0.3 is 50.6 Å². The zero-order valence-corrected chi connectivity index (χ0v) is 81.5. The Labute approximate surface area is 689 Å². The Kier molecular flexibility index (Phi) is 45.3. The van der Waals surface area contributed by atoms with E-state index in [4.69, 9.17) is 45.5 Å². The van der Waals surface area contributed by atoms with Gasteiger partial charge in [-0.25, -0.2) is 0 Å². The van der Waals surface area contributed by atoms with E-state index in [9.17, 15) is 9.90 Å². The van der Waals surface area contributed by atoms with Gasteiger partial charge in [-0.2, -0.15) is 0 Å². The molecule has 0 amide bonds. The number of fused-ring (bicyclic) bond motifs is 3. The molecule has 2 saturated carbocycles. The standard InChI is InChI=1S/C47H88O6Si3.C46H84O6Si3/c1-12-47(11,38-48)39-50-46(49)32-28-23-22-27-31-42-43(36-35-41(51-54(13-2,14-3)15-4)34-33-40-29-25-24-26-30-40)45(53-56(19-8,20-9)21-10)37-44(42)52-55(16-5,17-6)18-7;1-11-53(12-2,13-3)50-40(31-30-39-27-23-22-24-28-39)32-33-42-41(29-25-20-21-26-34-46-47-36-45(10,37-48-46)38-49-46)43(51-54(14-4,15-5)16-6)35-44(42)52-55(17-7,18-8)19-9/h22,24-27,29-30,41-45,48H,12-21,23,28,31-39H2,1-11H3;20,22-25,27-28,40-44H,11-19,21,26,29-38H2,1-10H3/b27-22-;25-20-/t41-,42+,43+,44-,45+,47?;40-,41+,42+,43-,44+,45?,46?/m00/s1. The normalized spacial score (nSPS) is 24.5. The third-order valence-corrected chi connectivity index (χ3v) is 57.4. The molecular formula is C93H172O12Si6. The quantitative estimate of drug-likeness (QED) is 0.0293. The number of unbranched alkanes of at least 4 members (excludes halogenated alkanes) is 2. The summed E-state index contributed by atoms with van der Waals surface area (Å²) >= 11 is 0. The summed E-state index contributed by atoms with van der Waals surface area (Å²) < 4.78 is 68.7. The molecule has 2 aliphatic carbocycles. The molecular weight excluding hydrogens is 1480 g/mol. The van der Waals surface area contributed by atoms with Crippen LogP contribution in [0.3, 0.4) is 0 Å². The van der Waals surface area contributed by atoms with Crippen LogP contribution in [-0.2, 0) is 63.1 Å². The van der Waals surface area contributed by atoms with E-state index in [0.29, 0.717) is 30.1 Å². The summed E-state index contributed by atoms with van der Waals surface area (Å²) in [5.74, 6) is 0.758. The first-order valence-corrected chi connectivity index (χ1v) is 61.7. The Morgan fingerprint density at radius 3 is 1.10 bits per heavy atom. The second kappa shape index (κ2) is 50.4. The Balaban J connectivity index is 0.000000397. The van der Waals surface area contributed by atoms with Crippen molar-refractivity contribution in [1.82, 2.24) is 0 Å². The predicted octanol–water partition coefficient (Wildman–Crippen LogP) is 26.3. The minimum atomic E-state index is -1.87. The van der Waals surface area contributed by atoms with E-state index in [1.165, 1.54) is 83.7 Å². The van der Waals surface area contributed by atoms with Crippen molar-refractivity contribution in [3.8, 4) is 0 Å². The van der Waals surface area contributed by atoms with Gasteiger partial charge >= 0.3 is 5.97 Å². The van der Waals surface area contributed by atoms with Crippen molar-refractivity contribution in [1.29, 1.82) is 0 Å². The van der Waals surface area contributed by atoms with Gasteiger partial charge in [0.25, 0.3) is 5.97 Å². The number of aryl methyl sites for hydroxylation is 2. The smallest absolute Gasteiger partial charge is 0.305 e. The summed E-state index contributed by atoms with van der Waals surface area (Å²) in [5.41, 5.74) is 2.46. The molecule has 2 aromatic rings. The van der Waals surface area contributed by atoms with Crippen LogP contribution in [0.25, 0.3) is 0 Å². The van der Waals surface area contributed by atoms with E-state index in [0.717, 1.165) is 172 Å². The van der Waals surface area contributed by atoms with Gasteiger partial charge in [-0.1, -0.05) is 230 Å². The maximum atomic E-state index is 12.5. The number of carbonyl (C=O) groups excluding carboxylic acids is 1. The van der Waals surface area contributed by atoms with Gasteiger partial charge in [0.15, 0.2) is 49.9 Å². The Hall–Kier alpha value is -1.71. The molecule has 11 atom stereocenters. The number of allylic oxidation sites excluding steroid dienone is 4. The van der Waals surface area contributed by atoms with Crippen LogP contribution in [-0.4, -0.2) is 137 Å². The summed E-state index contributed by atoms with van der Waals surface area (Å²) in [6, 6.07) is 43.3. The van der Waals surface area contributed by atoms with Crippen molar-refractivity contribution in [2.24, 2.45) is 34.5 Å². The number of hydrogen-bond acceptors (Lipinski definition) is 12.